The lowest BCUT2D eigenvalue weighted by atomic mass is 10.1. The fourth-order valence-electron chi connectivity index (χ4n) is 5.16. The maximum absolute atomic E-state index is 12.8. The maximum atomic E-state index is 12.8. The first-order valence-corrected chi connectivity index (χ1v) is 18.6. The highest BCUT2D eigenvalue weighted by atomic mass is 16.2. The van der Waals surface area contributed by atoms with Gasteiger partial charge in [0, 0.05) is 26.4 Å². The van der Waals surface area contributed by atoms with Gasteiger partial charge in [0.2, 0.25) is 17.7 Å². The van der Waals surface area contributed by atoms with Crippen molar-refractivity contribution in [3.63, 3.8) is 0 Å². The number of amides is 3. The monoisotopic (exact) mass is 637 g/mol. The van der Waals surface area contributed by atoms with Crippen LogP contribution in [0.4, 0.5) is 0 Å². The third-order valence-corrected chi connectivity index (χ3v) is 7.96. The molecule has 3 amide bonds. The zero-order valence-electron chi connectivity index (χ0n) is 29.3. The molecule has 0 fully saturated rings. The van der Waals surface area contributed by atoms with E-state index in [1.165, 1.54) is 64.7 Å². The molecular formula is C36H72N6O3. The first kappa shape index (κ1) is 43.0. The van der Waals surface area contributed by atoms with Crippen molar-refractivity contribution < 1.29 is 14.4 Å². The molecule has 0 aliphatic rings. The molecule has 45 heavy (non-hydrogen) atoms. The fourth-order valence-corrected chi connectivity index (χ4v) is 5.16. The molecule has 0 spiro atoms. The average Bonchev–Trinajstić information content (AvgIpc) is 3.02. The van der Waals surface area contributed by atoms with E-state index >= 15 is 0 Å². The largest absolute Gasteiger partial charge is 0.356 e. The summed E-state index contributed by atoms with van der Waals surface area (Å²) in [7, 11) is 0. The lowest BCUT2D eigenvalue weighted by molar-refractivity contribution is -0.129. The smallest absolute Gasteiger partial charge is 0.242 e. The van der Waals surface area contributed by atoms with E-state index in [1.54, 1.807) is 0 Å². The highest BCUT2D eigenvalue weighted by Crippen LogP contribution is 2.10. The van der Waals surface area contributed by atoms with Gasteiger partial charge in [-0.2, -0.15) is 0 Å². The van der Waals surface area contributed by atoms with Crippen LogP contribution in [0.15, 0.2) is 12.2 Å². The fraction of sp³-hybridized carbons (Fsp3) is 0.861. The van der Waals surface area contributed by atoms with Crippen molar-refractivity contribution >= 4 is 17.7 Å². The predicted molar refractivity (Wildman–Crippen MR) is 190 cm³/mol. The molecule has 0 aromatic carbocycles. The Kier molecular flexibility index (Phi) is 33.4. The Morgan fingerprint density at radius 3 is 1.71 bits per heavy atom. The Morgan fingerprint density at radius 2 is 1.13 bits per heavy atom. The number of nitrogens with two attached hydrogens (primary N) is 1. The van der Waals surface area contributed by atoms with E-state index in [1.807, 2.05) is 0 Å². The topological polar surface area (TPSA) is 137 Å². The van der Waals surface area contributed by atoms with E-state index in [0.29, 0.717) is 25.9 Å². The Labute approximate surface area is 276 Å². The summed E-state index contributed by atoms with van der Waals surface area (Å²) in [5.74, 6) is -0.0899. The molecule has 0 aliphatic heterocycles. The molecule has 0 saturated heterocycles. The lowest BCUT2D eigenvalue weighted by Gasteiger charge is -2.18. The average molecular weight is 637 g/mol. The summed E-state index contributed by atoms with van der Waals surface area (Å²) in [6, 6.07) is -0.481. The second-order valence-electron chi connectivity index (χ2n) is 12.4. The Morgan fingerprint density at radius 1 is 0.600 bits per heavy atom. The van der Waals surface area contributed by atoms with Crippen molar-refractivity contribution in [1.29, 1.82) is 0 Å². The summed E-state index contributed by atoms with van der Waals surface area (Å²) in [6.45, 7) is 9.41. The molecular weight excluding hydrogens is 564 g/mol. The number of carbonyl (C=O) groups excluding carboxylic acids is 3. The number of hydrogen-bond acceptors (Lipinski definition) is 6. The molecule has 1 unspecified atom stereocenters. The van der Waals surface area contributed by atoms with Crippen LogP contribution in [0.5, 0.6) is 0 Å². The van der Waals surface area contributed by atoms with Gasteiger partial charge in [-0.05, 0) is 110 Å². The SMILES string of the molecule is CCCCCCCC/C=C\CCCCCCCC(=O)NC(CCCCN)C(=O)NCCCNCCCCNCCCNC(C)=O. The summed E-state index contributed by atoms with van der Waals surface area (Å²) >= 11 is 0. The Balaban J connectivity index is 3.86. The molecule has 0 rings (SSSR count). The van der Waals surface area contributed by atoms with Crippen LogP contribution in [0.2, 0.25) is 0 Å². The number of hydrogen-bond donors (Lipinski definition) is 6. The first-order valence-electron chi connectivity index (χ1n) is 18.6. The number of rotatable bonds is 34. The first-order chi connectivity index (χ1) is 22.0. The molecule has 264 valence electrons. The van der Waals surface area contributed by atoms with E-state index in [4.69, 9.17) is 5.73 Å². The molecule has 0 aromatic heterocycles. The number of unbranched alkanes of at least 4 members (excludes halogenated alkanes) is 13. The summed E-state index contributed by atoms with van der Waals surface area (Å²) < 4.78 is 0. The number of allylic oxidation sites excluding steroid dienone is 2. The van der Waals surface area contributed by atoms with Gasteiger partial charge >= 0.3 is 0 Å². The highest BCUT2D eigenvalue weighted by Gasteiger charge is 2.19. The second kappa shape index (κ2) is 34.9. The highest BCUT2D eigenvalue weighted by molar-refractivity contribution is 5.87. The van der Waals surface area contributed by atoms with Crippen LogP contribution >= 0.6 is 0 Å². The van der Waals surface area contributed by atoms with Crippen molar-refractivity contribution in [1.82, 2.24) is 26.6 Å². The molecule has 0 aromatic rings. The van der Waals surface area contributed by atoms with Gasteiger partial charge in [0.25, 0.3) is 0 Å². The van der Waals surface area contributed by atoms with E-state index in [2.05, 4.69) is 45.7 Å². The van der Waals surface area contributed by atoms with Gasteiger partial charge in [0.05, 0.1) is 0 Å². The minimum absolute atomic E-state index is 0.0223. The van der Waals surface area contributed by atoms with Crippen LogP contribution in [-0.2, 0) is 14.4 Å². The molecule has 0 heterocycles. The van der Waals surface area contributed by atoms with Crippen molar-refractivity contribution in [3.8, 4) is 0 Å². The lowest BCUT2D eigenvalue weighted by Crippen LogP contribution is -2.47. The van der Waals surface area contributed by atoms with E-state index < -0.39 is 6.04 Å². The molecule has 1 atom stereocenters. The van der Waals surface area contributed by atoms with Gasteiger partial charge in [0.15, 0.2) is 0 Å². The number of nitrogens with one attached hydrogen (secondary N) is 5. The summed E-state index contributed by atoms with van der Waals surface area (Å²) in [4.78, 5) is 36.2. The van der Waals surface area contributed by atoms with Crippen LogP contribution in [0, 0.1) is 0 Å². The van der Waals surface area contributed by atoms with Gasteiger partial charge in [0.1, 0.15) is 6.04 Å². The van der Waals surface area contributed by atoms with Crippen LogP contribution in [0.25, 0.3) is 0 Å². The second-order valence-corrected chi connectivity index (χ2v) is 12.4. The Hall–Kier alpha value is -1.97. The van der Waals surface area contributed by atoms with Crippen molar-refractivity contribution in [2.24, 2.45) is 5.73 Å². The van der Waals surface area contributed by atoms with Crippen molar-refractivity contribution in [2.75, 3.05) is 45.8 Å². The van der Waals surface area contributed by atoms with Crippen LogP contribution in [-0.4, -0.2) is 69.6 Å². The molecule has 0 aliphatic carbocycles. The quantitative estimate of drug-likeness (QED) is 0.0400. The minimum Gasteiger partial charge on any atom is -0.356 e. The van der Waals surface area contributed by atoms with E-state index in [9.17, 15) is 14.4 Å². The van der Waals surface area contributed by atoms with Crippen LogP contribution < -0.4 is 32.3 Å². The van der Waals surface area contributed by atoms with Crippen molar-refractivity contribution in [3.05, 3.63) is 12.2 Å². The third-order valence-electron chi connectivity index (χ3n) is 7.96. The molecule has 7 N–H and O–H groups in total. The van der Waals surface area contributed by atoms with Gasteiger partial charge < -0.3 is 32.3 Å². The summed E-state index contributed by atoms with van der Waals surface area (Å²) in [5, 5.41) is 15.6. The standard InChI is InChI=1S/C36H72N6O3/c1-3-4-5-6-7-8-9-10-11-12-13-14-15-16-17-25-35(44)42-34(24-18-19-26-37)36(45)41-32-23-30-39-28-21-20-27-38-29-22-31-40-33(2)43/h10-11,34,38-39H,3-9,12-32,37H2,1-2H3,(H,40,43)(H,41,45)(H,42,44)/b11-10-. The summed E-state index contributed by atoms with van der Waals surface area (Å²) in [5.41, 5.74) is 5.65. The zero-order valence-corrected chi connectivity index (χ0v) is 29.3. The van der Waals surface area contributed by atoms with Crippen molar-refractivity contribution in [2.45, 2.75) is 155 Å². The van der Waals surface area contributed by atoms with Crippen LogP contribution in [0.1, 0.15) is 149 Å². The van der Waals surface area contributed by atoms with Gasteiger partial charge in [-0.15, -0.1) is 0 Å². The minimum atomic E-state index is -0.481. The molecule has 0 saturated carbocycles. The van der Waals surface area contributed by atoms with Crippen LogP contribution in [0.3, 0.4) is 0 Å². The van der Waals surface area contributed by atoms with E-state index in [-0.39, 0.29) is 17.7 Å². The van der Waals surface area contributed by atoms with E-state index in [0.717, 1.165) is 96.9 Å². The maximum Gasteiger partial charge on any atom is 0.242 e. The Bertz CT molecular complexity index is 719. The van der Waals surface area contributed by atoms with Gasteiger partial charge in [-0.25, -0.2) is 0 Å². The normalized spacial score (nSPS) is 12.0. The third kappa shape index (κ3) is 33.2. The van der Waals surface area contributed by atoms with Gasteiger partial charge in [-0.1, -0.05) is 70.4 Å². The number of carbonyl (C=O) groups is 3. The molecule has 9 nitrogen and oxygen atoms in total. The predicted octanol–water partition coefficient (Wildman–Crippen LogP) is 5.63. The zero-order chi connectivity index (χ0) is 33.1. The van der Waals surface area contributed by atoms with Gasteiger partial charge in [-0.3, -0.25) is 14.4 Å². The molecule has 0 radical (unpaired) electrons. The summed E-state index contributed by atoms with van der Waals surface area (Å²) in [6.07, 6.45) is 27.5. The molecule has 0 bridgehead atoms. The molecule has 9 heteroatoms.